The van der Waals surface area contributed by atoms with Gasteiger partial charge in [0.2, 0.25) is 5.13 Å². The Kier molecular flexibility index (Phi) is 7.07. The molecule has 9 nitrogen and oxygen atoms in total. The maximum absolute atomic E-state index is 13.3. The molecule has 2 aromatic heterocycles. The van der Waals surface area contributed by atoms with Crippen LogP contribution >= 0.6 is 11.3 Å². The molecule has 34 heavy (non-hydrogen) atoms. The van der Waals surface area contributed by atoms with Crippen molar-refractivity contribution >= 4 is 33.2 Å². The number of rotatable bonds is 9. The van der Waals surface area contributed by atoms with Crippen LogP contribution in [-0.2, 0) is 16.0 Å². The summed E-state index contributed by atoms with van der Waals surface area (Å²) in [6, 6.07) is 15.0. The molecular weight excluding hydrogens is 456 g/mol. The number of nitrogens with one attached hydrogen (secondary N) is 1. The van der Waals surface area contributed by atoms with Crippen molar-refractivity contribution < 1.29 is 19.0 Å². The number of aromatic nitrogens is 3. The van der Waals surface area contributed by atoms with Crippen LogP contribution in [0.15, 0.2) is 58.3 Å². The number of esters is 1. The number of hydrogen-bond donors (Lipinski definition) is 1. The largest absolute Gasteiger partial charge is 0.493 e. The molecule has 0 radical (unpaired) electrons. The molecule has 2 heterocycles. The number of H-pyrrole nitrogens is 1. The average Bonchev–Trinajstić information content (AvgIpc) is 3.42. The number of fused-ring (bicyclic) bond motifs is 1. The third kappa shape index (κ3) is 4.86. The monoisotopic (exact) mass is 480 g/mol. The predicted molar refractivity (Wildman–Crippen MR) is 131 cm³/mol. The van der Waals surface area contributed by atoms with Crippen molar-refractivity contribution in [2.75, 3.05) is 27.4 Å². The normalized spacial score (nSPS) is 11.6. The molecule has 0 aliphatic heterocycles. The molecule has 0 bridgehead atoms. The first-order valence-electron chi connectivity index (χ1n) is 10.6. The second-order valence-corrected chi connectivity index (χ2v) is 8.30. The van der Waals surface area contributed by atoms with Crippen molar-refractivity contribution in [3.63, 3.8) is 0 Å². The van der Waals surface area contributed by atoms with E-state index in [0.29, 0.717) is 46.8 Å². The standard InChI is InChI=1S/C24H24N4O5S/c1-15(25-12-13-33-19-10-6-5-9-18(19)31-2)22-17(14-21(29)32-3)27-28(23(22)30)24-26-16-8-4-7-11-20(16)34-24/h4-11,27H,12-14H2,1-3H3. The fourth-order valence-corrected chi connectivity index (χ4v) is 4.40. The Labute approximate surface area is 199 Å². The Hall–Kier alpha value is -3.92. The summed E-state index contributed by atoms with van der Waals surface area (Å²) in [4.78, 5) is 34.4. The summed E-state index contributed by atoms with van der Waals surface area (Å²) in [7, 11) is 2.89. The number of nitrogens with zero attached hydrogens (tertiary/aromatic N) is 3. The quantitative estimate of drug-likeness (QED) is 0.224. The molecule has 4 rings (SSSR count). The molecule has 0 amide bonds. The lowest BCUT2D eigenvalue weighted by Crippen LogP contribution is -2.20. The smallest absolute Gasteiger partial charge is 0.311 e. The lowest BCUT2D eigenvalue weighted by atomic mass is 10.1. The predicted octanol–water partition coefficient (Wildman–Crippen LogP) is 3.39. The van der Waals surface area contributed by atoms with E-state index < -0.39 is 5.97 Å². The van der Waals surface area contributed by atoms with Gasteiger partial charge in [0.1, 0.15) is 6.61 Å². The van der Waals surface area contributed by atoms with Gasteiger partial charge in [0, 0.05) is 5.71 Å². The Morgan fingerprint density at radius 2 is 1.85 bits per heavy atom. The summed E-state index contributed by atoms with van der Waals surface area (Å²) < 4.78 is 18.1. The molecule has 0 saturated carbocycles. The van der Waals surface area contributed by atoms with E-state index in [9.17, 15) is 9.59 Å². The van der Waals surface area contributed by atoms with Crippen LogP contribution in [-0.4, -0.2) is 53.8 Å². The van der Waals surface area contributed by atoms with Gasteiger partial charge in [-0.25, -0.2) is 4.98 Å². The minimum Gasteiger partial charge on any atom is -0.493 e. The van der Waals surface area contributed by atoms with Crippen LogP contribution in [0.4, 0.5) is 0 Å². The van der Waals surface area contributed by atoms with Gasteiger partial charge in [-0.1, -0.05) is 35.6 Å². The summed E-state index contributed by atoms with van der Waals surface area (Å²) in [5.41, 5.74) is 1.69. The molecule has 0 saturated heterocycles. The van der Waals surface area contributed by atoms with Gasteiger partial charge in [-0.3, -0.25) is 19.7 Å². The summed E-state index contributed by atoms with van der Waals surface area (Å²) in [6.45, 7) is 2.34. The third-order valence-corrected chi connectivity index (χ3v) is 6.14. The van der Waals surface area contributed by atoms with Crippen molar-refractivity contribution in [1.29, 1.82) is 0 Å². The van der Waals surface area contributed by atoms with Crippen molar-refractivity contribution in [2.24, 2.45) is 4.99 Å². The topological polar surface area (TPSA) is 108 Å². The van der Waals surface area contributed by atoms with Crippen LogP contribution in [0.1, 0.15) is 18.2 Å². The highest BCUT2D eigenvalue weighted by molar-refractivity contribution is 7.20. The van der Waals surface area contributed by atoms with Crippen LogP contribution in [0.2, 0.25) is 0 Å². The van der Waals surface area contributed by atoms with Gasteiger partial charge in [-0.05, 0) is 31.2 Å². The number of thiazole rings is 1. The summed E-state index contributed by atoms with van der Waals surface area (Å²) in [6.07, 6.45) is -0.0937. The second-order valence-electron chi connectivity index (χ2n) is 7.29. The number of hydrogen-bond acceptors (Lipinski definition) is 8. The van der Waals surface area contributed by atoms with Crippen LogP contribution in [0.5, 0.6) is 11.5 Å². The Balaban J connectivity index is 1.61. The van der Waals surface area contributed by atoms with E-state index in [-0.39, 0.29) is 12.0 Å². The number of benzene rings is 2. The molecule has 176 valence electrons. The zero-order valence-electron chi connectivity index (χ0n) is 19.0. The molecule has 10 heteroatoms. The van der Waals surface area contributed by atoms with E-state index in [2.05, 4.69) is 15.1 Å². The molecule has 2 aromatic carbocycles. The van der Waals surface area contributed by atoms with E-state index in [1.165, 1.54) is 23.1 Å². The molecule has 0 aliphatic rings. The minimum atomic E-state index is -0.466. The fourth-order valence-electron chi connectivity index (χ4n) is 3.48. The summed E-state index contributed by atoms with van der Waals surface area (Å²) in [5.74, 6) is 0.781. The summed E-state index contributed by atoms with van der Waals surface area (Å²) >= 11 is 1.38. The maximum Gasteiger partial charge on any atom is 0.311 e. The first-order chi connectivity index (χ1) is 16.5. The van der Waals surface area contributed by atoms with E-state index in [4.69, 9.17) is 14.2 Å². The molecule has 1 N–H and O–H groups in total. The molecule has 0 aliphatic carbocycles. The highest BCUT2D eigenvalue weighted by Gasteiger charge is 2.21. The highest BCUT2D eigenvalue weighted by Crippen LogP contribution is 2.26. The average molecular weight is 481 g/mol. The van der Waals surface area contributed by atoms with E-state index in [1.54, 1.807) is 14.0 Å². The molecular formula is C24H24N4O5S. The van der Waals surface area contributed by atoms with Crippen molar-refractivity contribution in [2.45, 2.75) is 13.3 Å². The van der Waals surface area contributed by atoms with Gasteiger partial charge in [-0.2, -0.15) is 4.68 Å². The van der Waals surface area contributed by atoms with Crippen LogP contribution in [0, 0.1) is 0 Å². The first kappa shape index (κ1) is 23.2. The lowest BCUT2D eigenvalue weighted by molar-refractivity contribution is -0.139. The van der Waals surface area contributed by atoms with Gasteiger partial charge in [0.05, 0.1) is 48.7 Å². The van der Waals surface area contributed by atoms with Crippen molar-refractivity contribution in [3.8, 4) is 16.6 Å². The fraction of sp³-hybridized carbons (Fsp3) is 0.250. The van der Waals surface area contributed by atoms with Gasteiger partial charge in [-0.15, -0.1) is 0 Å². The van der Waals surface area contributed by atoms with Crippen LogP contribution in [0.25, 0.3) is 15.3 Å². The maximum atomic E-state index is 13.3. The molecule has 0 spiro atoms. The SMILES string of the molecule is COC(=O)Cc1[nH]n(-c2nc3ccccc3s2)c(=O)c1C(C)=NCCOc1ccccc1OC. The number of aromatic amines is 1. The zero-order valence-corrected chi connectivity index (χ0v) is 19.8. The molecule has 0 fully saturated rings. The Morgan fingerprint density at radius 3 is 2.59 bits per heavy atom. The van der Waals surface area contributed by atoms with Crippen LogP contribution < -0.4 is 15.0 Å². The number of carbonyl (C=O) groups excluding carboxylic acids is 1. The van der Waals surface area contributed by atoms with Crippen molar-refractivity contribution in [1.82, 2.24) is 14.8 Å². The highest BCUT2D eigenvalue weighted by atomic mass is 32.1. The second kappa shape index (κ2) is 10.3. The number of para-hydroxylation sites is 3. The van der Waals surface area contributed by atoms with Gasteiger partial charge >= 0.3 is 5.97 Å². The molecule has 0 atom stereocenters. The number of carbonyl (C=O) groups is 1. The number of methoxy groups -OCH3 is 2. The Bertz CT molecular complexity index is 1370. The molecule has 0 unspecified atom stereocenters. The molecule has 4 aromatic rings. The van der Waals surface area contributed by atoms with Gasteiger partial charge in [0.15, 0.2) is 11.5 Å². The Morgan fingerprint density at radius 1 is 1.12 bits per heavy atom. The van der Waals surface area contributed by atoms with Gasteiger partial charge in [0.25, 0.3) is 5.56 Å². The van der Waals surface area contributed by atoms with E-state index in [0.717, 1.165) is 10.2 Å². The minimum absolute atomic E-state index is 0.0937. The lowest BCUT2D eigenvalue weighted by Gasteiger charge is -2.09. The van der Waals surface area contributed by atoms with Gasteiger partial charge < -0.3 is 14.2 Å². The number of aliphatic imine (C=N–C) groups is 1. The van der Waals surface area contributed by atoms with Crippen molar-refractivity contribution in [3.05, 3.63) is 70.1 Å². The van der Waals surface area contributed by atoms with E-state index in [1.807, 2.05) is 48.5 Å². The summed E-state index contributed by atoms with van der Waals surface area (Å²) in [5, 5.41) is 3.51. The third-order valence-electron chi connectivity index (χ3n) is 5.12. The van der Waals surface area contributed by atoms with E-state index >= 15 is 0 Å². The first-order valence-corrected chi connectivity index (χ1v) is 11.4. The number of ether oxygens (including phenoxy) is 3. The van der Waals surface area contributed by atoms with Crippen LogP contribution in [0.3, 0.4) is 0 Å². The zero-order chi connectivity index (χ0) is 24.1.